The van der Waals surface area contributed by atoms with Crippen LogP contribution in [0.5, 0.6) is 0 Å². The van der Waals surface area contributed by atoms with Crippen molar-refractivity contribution in [3.8, 4) is 0 Å². The molecule has 0 aromatic heterocycles. The standard InChI is InChI=1S/C13H16ClF3N2O2S/c1-19(10-4-6-18-7-5-10)22(20,21)12-8-9(13(15,16)17)2-3-11(12)14/h2-3,8,10,18H,4-7H2,1H3. The smallest absolute Gasteiger partial charge is 0.317 e. The molecule has 1 N–H and O–H groups in total. The summed E-state index contributed by atoms with van der Waals surface area (Å²) in [5.41, 5.74) is -1.03. The fourth-order valence-corrected chi connectivity index (χ4v) is 4.31. The summed E-state index contributed by atoms with van der Waals surface area (Å²) < 4.78 is 64.6. The molecule has 1 saturated heterocycles. The molecule has 0 spiro atoms. The van der Waals surface area contributed by atoms with Crippen LogP contribution in [0.4, 0.5) is 13.2 Å². The molecule has 1 aliphatic heterocycles. The summed E-state index contributed by atoms with van der Waals surface area (Å²) in [6.07, 6.45) is -3.42. The molecule has 1 aromatic rings. The topological polar surface area (TPSA) is 49.4 Å². The summed E-state index contributed by atoms with van der Waals surface area (Å²) >= 11 is 5.83. The van der Waals surface area contributed by atoms with E-state index in [9.17, 15) is 21.6 Å². The zero-order valence-electron chi connectivity index (χ0n) is 11.8. The van der Waals surface area contributed by atoms with Gasteiger partial charge in [-0.05, 0) is 44.1 Å². The van der Waals surface area contributed by atoms with Gasteiger partial charge in [-0.15, -0.1) is 0 Å². The molecular formula is C13H16ClF3N2O2S. The predicted molar refractivity (Wildman–Crippen MR) is 77.3 cm³/mol. The van der Waals surface area contributed by atoms with Crippen LogP contribution in [-0.2, 0) is 16.2 Å². The second kappa shape index (κ2) is 6.35. The third-order valence-corrected chi connectivity index (χ3v) is 6.13. The number of benzene rings is 1. The second-order valence-corrected chi connectivity index (χ2v) is 7.52. The van der Waals surface area contributed by atoms with E-state index < -0.39 is 26.7 Å². The van der Waals surface area contributed by atoms with Gasteiger partial charge in [0, 0.05) is 13.1 Å². The molecule has 1 aromatic carbocycles. The maximum Gasteiger partial charge on any atom is 0.416 e. The van der Waals surface area contributed by atoms with Crippen LogP contribution >= 0.6 is 11.6 Å². The Hall–Kier alpha value is -0.830. The van der Waals surface area contributed by atoms with E-state index in [-0.39, 0.29) is 11.1 Å². The Labute approximate surface area is 132 Å². The van der Waals surface area contributed by atoms with Gasteiger partial charge >= 0.3 is 6.18 Å². The summed E-state index contributed by atoms with van der Waals surface area (Å²) in [5.74, 6) is 0. The Bertz CT molecular complexity index is 643. The lowest BCUT2D eigenvalue weighted by Crippen LogP contribution is -2.43. The molecule has 0 aliphatic carbocycles. The van der Waals surface area contributed by atoms with Gasteiger partial charge in [-0.1, -0.05) is 11.6 Å². The Morgan fingerprint density at radius 1 is 1.27 bits per heavy atom. The van der Waals surface area contributed by atoms with Crippen LogP contribution < -0.4 is 5.32 Å². The number of hydrogen-bond acceptors (Lipinski definition) is 3. The Morgan fingerprint density at radius 2 is 1.86 bits per heavy atom. The van der Waals surface area contributed by atoms with Crippen LogP contribution in [-0.4, -0.2) is 38.9 Å². The van der Waals surface area contributed by atoms with Crippen molar-refractivity contribution in [3.05, 3.63) is 28.8 Å². The number of nitrogens with one attached hydrogen (secondary N) is 1. The number of halogens is 4. The first-order valence-electron chi connectivity index (χ1n) is 6.69. The fourth-order valence-electron chi connectivity index (χ4n) is 2.40. The van der Waals surface area contributed by atoms with Crippen LogP contribution in [0.15, 0.2) is 23.1 Å². The fraction of sp³-hybridized carbons (Fsp3) is 0.538. The first-order chi connectivity index (χ1) is 10.1. The van der Waals surface area contributed by atoms with Gasteiger partial charge in [0.05, 0.1) is 10.6 Å². The number of nitrogens with zero attached hydrogens (tertiary/aromatic N) is 1. The highest BCUT2D eigenvalue weighted by Crippen LogP contribution is 2.34. The molecule has 0 atom stereocenters. The first-order valence-corrected chi connectivity index (χ1v) is 8.51. The van der Waals surface area contributed by atoms with E-state index in [1.807, 2.05) is 0 Å². The van der Waals surface area contributed by atoms with Gasteiger partial charge in [0.25, 0.3) is 0 Å². The van der Waals surface area contributed by atoms with E-state index in [1.165, 1.54) is 7.05 Å². The van der Waals surface area contributed by atoms with Gasteiger partial charge in [-0.3, -0.25) is 0 Å². The van der Waals surface area contributed by atoms with E-state index >= 15 is 0 Å². The number of piperidine rings is 1. The van der Waals surface area contributed by atoms with E-state index in [2.05, 4.69) is 5.32 Å². The third kappa shape index (κ3) is 3.56. The van der Waals surface area contributed by atoms with Crippen LogP contribution in [0.25, 0.3) is 0 Å². The molecule has 0 radical (unpaired) electrons. The molecule has 0 bridgehead atoms. The van der Waals surface area contributed by atoms with Gasteiger partial charge in [0.2, 0.25) is 10.0 Å². The molecular weight excluding hydrogens is 341 g/mol. The molecule has 4 nitrogen and oxygen atoms in total. The maximum absolute atomic E-state index is 12.8. The zero-order chi connectivity index (χ0) is 16.5. The van der Waals surface area contributed by atoms with E-state index in [4.69, 9.17) is 11.6 Å². The average Bonchev–Trinajstić information content (AvgIpc) is 2.46. The first kappa shape index (κ1) is 17.5. The zero-order valence-corrected chi connectivity index (χ0v) is 13.4. The molecule has 0 saturated carbocycles. The molecule has 1 aliphatic rings. The SMILES string of the molecule is CN(C1CCNCC1)S(=O)(=O)c1cc(C(F)(F)F)ccc1Cl. The summed E-state index contributed by atoms with van der Waals surface area (Å²) in [7, 11) is -2.70. The van der Waals surface area contributed by atoms with Crippen LogP contribution in [0.3, 0.4) is 0 Å². The number of sulfonamides is 1. The number of alkyl halides is 3. The minimum absolute atomic E-state index is 0.214. The van der Waals surface area contributed by atoms with E-state index in [0.29, 0.717) is 32.0 Å². The van der Waals surface area contributed by atoms with Gasteiger partial charge in [0.15, 0.2) is 0 Å². The minimum Gasteiger partial charge on any atom is -0.317 e. The molecule has 0 amide bonds. The molecule has 2 rings (SSSR count). The largest absolute Gasteiger partial charge is 0.416 e. The molecule has 9 heteroatoms. The quantitative estimate of drug-likeness (QED) is 0.906. The highest BCUT2D eigenvalue weighted by molar-refractivity contribution is 7.89. The van der Waals surface area contributed by atoms with Gasteiger partial charge in [0.1, 0.15) is 4.90 Å². The average molecular weight is 357 g/mol. The predicted octanol–water partition coefficient (Wildman–Crippen LogP) is 2.73. The highest BCUT2D eigenvalue weighted by Gasteiger charge is 2.35. The normalized spacial score (nSPS) is 17.9. The van der Waals surface area contributed by atoms with Gasteiger partial charge in [-0.2, -0.15) is 17.5 Å². The van der Waals surface area contributed by atoms with Crippen molar-refractivity contribution in [1.82, 2.24) is 9.62 Å². The Kier molecular flexibility index (Phi) is 5.06. The van der Waals surface area contributed by atoms with Crippen LogP contribution in [0.1, 0.15) is 18.4 Å². The van der Waals surface area contributed by atoms with Crippen molar-refractivity contribution in [1.29, 1.82) is 0 Å². The van der Waals surface area contributed by atoms with E-state index in [0.717, 1.165) is 16.4 Å². The maximum atomic E-state index is 12.8. The van der Waals surface area contributed by atoms with Crippen molar-refractivity contribution in [3.63, 3.8) is 0 Å². The summed E-state index contributed by atoms with van der Waals surface area (Å²) in [6.45, 7) is 1.34. The monoisotopic (exact) mass is 356 g/mol. The van der Waals surface area contributed by atoms with Crippen LogP contribution in [0.2, 0.25) is 5.02 Å². The Morgan fingerprint density at radius 3 is 2.41 bits per heavy atom. The van der Waals surface area contributed by atoms with Crippen molar-refractivity contribution in [2.24, 2.45) is 0 Å². The van der Waals surface area contributed by atoms with Crippen molar-refractivity contribution >= 4 is 21.6 Å². The lowest BCUT2D eigenvalue weighted by Gasteiger charge is -2.31. The lowest BCUT2D eigenvalue weighted by atomic mass is 10.1. The minimum atomic E-state index is -4.62. The summed E-state index contributed by atoms with van der Waals surface area (Å²) in [5, 5.41) is 2.89. The molecule has 1 heterocycles. The van der Waals surface area contributed by atoms with Gasteiger partial charge < -0.3 is 5.32 Å². The third-order valence-electron chi connectivity index (χ3n) is 3.74. The molecule has 1 fully saturated rings. The van der Waals surface area contributed by atoms with Crippen molar-refractivity contribution in [2.45, 2.75) is 30.0 Å². The summed E-state index contributed by atoms with van der Waals surface area (Å²) in [4.78, 5) is -0.509. The molecule has 0 unspecified atom stereocenters. The van der Waals surface area contributed by atoms with Crippen LogP contribution in [0, 0.1) is 0 Å². The van der Waals surface area contributed by atoms with Gasteiger partial charge in [-0.25, -0.2) is 8.42 Å². The molecule has 124 valence electrons. The van der Waals surface area contributed by atoms with Crippen molar-refractivity contribution < 1.29 is 21.6 Å². The lowest BCUT2D eigenvalue weighted by molar-refractivity contribution is -0.137. The Balaban J connectivity index is 2.40. The number of hydrogen-bond donors (Lipinski definition) is 1. The van der Waals surface area contributed by atoms with E-state index in [1.54, 1.807) is 0 Å². The second-order valence-electron chi connectivity index (χ2n) is 5.15. The number of rotatable bonds is 3. The summed E-state index contributed by atoms with van der Waals surface area (Å²) in [6, 6.07) is 2.08. The van der Waals surface area contributed by atoms with Crippen molar-refractivity contribution in [2.75, 3.05) is 20.1 Å². The molecule has 22 heavy (non-hydrogen) atoms. The highest BCUT2D eigenvalue weighted by atomic mass is 35.5.